The molecule has 0 atom stereocenters. The van der Waals surface area contributed by atoms with Gasteiger partial charge < -0.3 is 5.11 Å². The van der Waals surface area contributed by atoms with Gasteiger partial charge in [-0.3, -0.25) is 4.79 Å². The molecule has 0 rings (SSSR count). The summed E-state index contributed by atoms with van der Waals surface area (Å²) in [4.78, 5) is 10.3. The Morgan fingerprint density at radius 3 is 1.89 bits per heavy atom. The molecule has 0 aliphatic rings. The van der Waals surface area contributed by atoms with Gasteiger partial charge in [0.15, 0.2) is 0 Å². The van der Waals surface area contributed by atoms with E-state index in [1.807, 2.05) is 6.92 Å². The van der Waals surface area contributed by atoms with Crippen molar-refractivity contribution in [3.8, 4) is 0 Å². The van der Waals surface area contributed by atoms with Gasteiger partial charge in [0.2, 0.25) is 0 Å². The molecule has 0 radical (unpaired) electrons. The molecule has 0 amide bonds. The number of hydrogen-bond acceptors (Lipinski definition) is 1. The summed E-state index contributed by atoms with van der Waals surface area (Å²) in [5.41, 5.74) is -0.542. The van der Waals surface area contributed by atoms with Crippen molar-refractivity contribution in [1.82, 2.24) is 0 Å². The van der Waals surface area contributed by atoms with Gasteiger partial charge in [0, 0.05) is 0 Å². The normalized spacial score (nSPS) is 10.1. The zero-order valence-corrected chi connectivity index (χ0v) is 5.56. The van der Waals surface area contributed by atoms with Gasteiger partial charge in [0.25, 0.3) is 0 Å². The van der Waals surface area contributed by atoms with Crippen molar-refractivity contribution in [2.75, 3.05) is 0 Å². The molecule has 0 heterocycles. The Labute approximate surface area is 85.6 Å². The summed E-state index contributed by atoms with van der Waals surface area (Å²) in [5.74, 6) is -0.722. The first-order valence-electron chi connectivity index (χ1n) is 2.74. The summed E-state index contributed by atoms with van der Waals surface area (Å²) >= 11 is 0. The van der Waals surface area contributed by atoms with Crippen LogP contribution in [0.25, 0.3) is 0 Å². The second-order valence-electron chi connectivity index (χ2n) is 2.54. The molecular weight excluding hydrogens is 144 g/mol. The molecule has 3 heteroatoms. The third kappa shape index (κ3) is 4.18. The predicted octanol–water partition coefficient (Wildman–Crippen LogP) is 0.591. The second kappa shape index (κ2) is 4.53. The fourth-order valence-electron chi connectivity index (χ4n) is 0.151. The Kier molecular flexibility index (Phi) is 6.25. The molecule has 0 saturated carbocycles. The predicted molar refractivity (Wildman–Crippen MR) is 40.3 cm³/mol. The first-order chi connectivity index (χ1) is 3.50. The van der Waals surface area contributed by atoms with Gasteiger partial charge in [-0.25, -0.2) is 0 Å². The van der Waals surface area contributed by atoms with Crippen LogP contribution in [0.15, 0.2) is 0 Å². The fourth-order valence-corrected chi connectivity index (χ4v) is 0.151. The van der Waals surface area contributed by atoms with Crippen LogP contribution < -0.4 is 0 Å². The van der Waals surface area contributed by atoms with Gasteiger partial charge in [-0.2, -0.15) is 0 Å². The minimum absolute atomic E-state index is 0. The maximum atomic E-state index is 10.3. The summed E-state index contributed by atoms with van der Waals surface area (Å²) in [6.45, 7) is 5.30. The third-order valence-corrected chi connectivity index (χ3v) is 1.46. The third-order valence-electron chi connectivity index (χ3n) is 1.46. The molecule has 0 aromatic carbocycles. The zero-order chi connectivity index (χ0) is 6.78. The van der Waals surface area contributed by atoms with Crippen LogP contribution in [-0.2, 0) is 4.79 Å². The van der Waals surface area contributed by atoms with Crippen molar-refractivity contribution in [2.45, 2.75) is 27.2 Å². The number of carboxylic acids is 1. The van der Waals surface area contributed by atoms with E-state index in [4.69, 9.17) is 5.11 Å². The van der Waals surface area contributed by atoms with Crippen LogP contribution in [-0.4, -0.2) is 48.8 Å². The molecule has 0 aromatic heterocycles. The van der Waals surface area contributed by atoms with Crippen LogP contribution in [0.2, 0.25) is 0 Å². The molecule has 0 saturated heterocycles. The Balaban J connectivity index is 0. The van der Waals surface area contributed by atoms with Gasteiger partial charge in [0.05, 0.1) is 5.41 Å². The quantitative estimate of drug-likeness (QED) is 0.597. The first-order valence-corrected chi connectivity index (χ1v) is 2.74. The van der Waals surface area contributed by atoms with Crippen molar-refractivity contribution in [3.05, 3.63) is 0 Å². The zero-order valence-electron chi connectivity index (χ0n) is 5.56. The number of rotatable bonds is 2. The van der Waals surface area contributed by atoms with E-state index in [1.54, 1.807) is 13.8 Å². The van der Waals surface area contributed by atoms with Gasteiger partial charge in [-0.05, 0) is 20.3 Å². The monoisotopic (exact) mass is 158 g/mol. The van der Waals surface area contributed by atoms with Crippen LogP contribution in [0, 0.1) is 5.41 Å². The molecule has 9 heavy (non-hydrogen) atoms. The summed E-state index contributed by atoms with van der Waals surface area (Å²) in [7, 11) is 0. The molecule has 2 nitrogen and oxygen atoms in total. The molecule has 0 bridgehead atoms. The van der Waals surface area contributed by atoms with Crippen LogP contribution >= 0.6 is 0 Å². The van der Waals surface area contributed by atoms with Crippen molar-refractivity contribution in [3.63, 3.8) is 0 Å². The molecule has 0 aliphatic carbocycles. The molecule has 0 aromatic rings. The van der Waals surface area contributed by atoms with Crippen molar-refractivity contribution >= 4 is 43.7 Å². The molecule has 0 fully saturated rings. The molecule has 0 unspecified atom stereocenters. The van der Waals surface area contributed by atoms with E-state index in [-0.39, 0.29) is 37.7 Å². The average molecular weight is 158 g/mol. The number of carboxylic acid groups (broad SMARTS) is 1. The van der Waals surface area contributed by atoms with E-state index in [1.165, 1.54) is 0 Å². The first kappa shape index (κ1) is 12.4. The average Bonchev–Trinajstić information content (AvgIpc) is 1.67. The number of hydrogen-bond donors (Lipinski definition) is 1. The fraction of sp³-hybridized carbons (Fsp3) is 0.833. The van der Waals surface area contributed by atoms with Crippen molar-refractivity contribution < 1.29 is 9.90 Å². The molecular formula is C6H14CaO2. The Morgan fingerprint density at radius 2 is 1.89 bits per heavy atom. The van der Waals surface area contributed by atoms with Gasteiger partial charge in [-0.15, -0.1) is 0 Å². The minimum atomic E-state index is -0.722. The van der Waals surface area contributed by atoms with Crippen LogP contribution in [0.4, 0.5) is 0 Å². The van der Waals surface area contributed by atoms with Gasteiger partial charge >= 0.3 is 43.7 Å². The Bertz CT molecular complexity index is 99.2. The van der Waals surface area contributed by atoms with Gasteiger partial charge in [0.1, 0.15) is 0 Å². The molecule has 52 valence electrons. The van der Waals surface area contributed by atoms with E-state index >= 15 is 0 Å². The summed E-state index contributed by atoms with van der Waals surface area (Å²) in [6.07, 6.45) is 0.683. The van der Waals surface area contributed by atoms with Crippen LogP contribution in [0.1, 0.15) is 27.2 Å². The van der Waals surface area contributed by atoms with E-state index < -0.39 is 11.4 Å². The molecule has 0 aliphatic heterocycles. The Hall–Kier alpha value is 0.730. The summed E-state index contributed by atoms with van der Waals surface area (Å²) in [5, 5.41) is 8.44. The Morgan fingerprint density at radius 1 is 1.56 bits per heavy atom. The summed E-state index contributed by atoms with van der Waals surface area (Å²) in [6, 6.07) is 0. The standard InChI is InChI=1S/C6H12O2.Ca.2H/c1-4-6(2,3)5(7)8;;;/h4H2,1-3H3,(H,7,8);;;. The van der Waals surface area contributed by atoms with Crippen molar-refractivity contribution in [1.29, 1.82) is 0 Å². The van der Waals surface area contributed by atoms with Crippen LogP contribution in [0.3, 0.4) is 0 Å². The maximum absolute atomic E-state index is 10.3. The van der Waals surface area contributed by atoms with Gasteiger partial charge in [-0.1, -0.05) is 6.92 Å². The topological polar surface area (TPSA) is 37.3 Å². The SMILES string of the molecule is CCC(C)(C)C(=O)O.[CaH2]. The number of carbonyl (C=O) groups is 1. The van der Waals surface area contributed by atoms with E-state index in [0.29, 0.717) is 6.42 Å². The van der Waals surface area contributed by atoms with E-state index in [9.17, 15) is 4.79 Å². The number of aliphatic carboxylic acids is 1. The van der Waals surface area contributed by atoms with Crippen molar-refractivity contribution in [2.24, 2.45) is 5.41 Å². The molecule has 1 N–H and O–H groups in total. The molecule has 0 spiro atoms. The van der Waals surface area contributed by atoms with E-state index in [0.717, 1.165) is 0 Å². The van der Waals surface area contributed by atoms with Crippen LogP contribution in [0.5, 0.6) is 0 Å². The second-order valence-corrected chi connectivity index (χ2v) is 2.54. The van der Waals surface area contributed by atoms with E-state index in [2.05, 4.69) is 0 Å². The summed E-state index contributed by atoms with van der Waals surface area (Å²) < 4.78 is 0.